The van der Waals surface area contributed by atoms with Gasteiger partial charge in [-0.3, -0.25) is 0 Å². The fourth-order valence-electron chi connectivity index (χ4n) is 1.76. The second kappa shape index (κ2) is 3.74. The van der Waals surface area contributed by atoms with Crippen LogP contribution in [0.4, 0.5) is 0 Å². The smallest absolute Gasteiger partial charge is 0.116 e. The number of benzene rings is 2. The van der Waals surface area contributed by atoms with E-state index in [0.29, 0.717) is 0 Å². The van der Waals surface area contributed by atoms with Crippen molar-refractivity contribution in [3.05, 3.63) is 60.9 Å². The van der Waals surface area contributed by atoms with Gasteiger partial charge in [0, 0.05) is 10.9 Å². The van der Waals surface area contributed by atoms with E-state index < -0.39 is 0 Å². The third kappa shape index (κ3) is 1.44. The van der Waals surface area contributed by atoms with Gasteiger partial charge in [-0.2, -0.15) is 0 Å². The van der Waals surface area contributed by atoms with Crippen LogP contribution in [0.2, 0.25) is 0 Å². The highest BCUT2D eigenvalue weighted by Crippen LogP contribution is 2.23. The molecule has 0 atom stereocenters. The average molecular weight is 205 g/mol. The van der Waals surface area contributed by atoms with Crippen LogP contribution in [0.15, 0.2) is 54.9 Å². The molecule has 2 aromatic carbocycles. The summed E-state index contributed by atoms with van der Waals surface area (Å²) in [5.74, 6) is 0. The van der Waals surface area contributed by atoms with E-state index in [1.54, 1.807) is 6.33 Å². The van der Waals surface area contributed by atoms with E-state index in [1.807, 2.05) is 48.5 Å². The number of para-hydroxylation sites is 1. The van der Waals surface area contributed by atoms with E-state index in [2.05, 4.69) is 16.0 Å². The predicted molar refractivity (Wildman–Crippen MR) is 63.8 cm³/mol. The molecule has 0 spiro atoms. The molecular weight excluding hydrogens is 196 g/mol. The van der Waals surface area contributed by atoms with Crippen molar-refractivity contribution in [3.8, 4) is 11.3 Å². The average Bonchev–Trinajstić information content (AvgIpc) is 2.39. The van der Waals surface area contributed by atoms with Crippen molar-refractivity contribution < 1.29 is 0 Å². The number of rotatable bonds is 1. The molecular formula is C14H9N2. The zero-order valence-corrected chi connectivity index (χ0v) is 8.59. The van der Waals surface area contributed by atoms with Crippen molar-refractivity contribution in [2.24, 2.45) is 0 Å². The lowest BCUT2D eigenvalue weighted by Gasteiger charge is -2.03. The quantitative estimate of drug-likeness (QED) is 0.610. The Balaban J connectivity index is 2.32. The van der Waals surface area contributed by atoms with E-state index in [-0.39, 0.29) is 0 Å². The minimum absolute atomic E-state index is 0.936. The molecule has 1 heterocycles. The highest BCUT2D eigenvalue weighted by Gasteiger charge is 2.04. The summed E-state index contributed by atoms with van der Waals surface area (Å²) in [6, 6.07) is 19.0. The third-order valence-corrected chi connectivity index (χ3v) is 2.51. The molecule has 0 fully saturated rings. The molecule has 3 rings (SSSR count). The fourth-order valence-corrected chi connectivity index (χ4v) is 1.76. The minimum atomic E-state index is 0.936. The molecule has 1 radical (unpaired) electrons. The monoisotopic (exact) mass is 205 g/mol. The van der Waals surface area contributed by atoms with E-state index >= 15 is 0 Å². The van der Waals surface area contributed by atoms with Crippen LogP contribution in [0.5, 0.6) is 0 Å². The number of fused-ring (bicyclic) bond motifs is 1. The maximum absolute atomic E-state index is 4.33. The van der Waals surface area contributed by atoms with E-state index in [0.717, 1.165) is 22.2 Å². The van der Waals surface area contributed by atoms with Crippen LogP contribution >= 0.6 is 0 Å². The standard InChI is InChI=1S/C14H9N2/c1-2-6-11(7-3-1)14-12-8-4-5-9-13(12)15-10-16-14/h1-6,8-10H. The van der Waals surface area contributed by atoms with Crippen LogP contribution < -0.4 is 0 Å². The van der Waals surface area contributed by atoms with Crippen LogP contribution in [0.3, 0.4) is 0 Å². The van der Waals surface area contributed by atoms with E-state index in [4.69, 9.17) is 0 Å². The van der Waals surface area contributed by atoms with Gasteiger partial charge in [0.2, 0.25) is 0 Å². The van der Waals surface area contributed by atoms with Crippen LogP contribution in [-0.4, -0.2) is 9.97 Å². The summed E-state index contributed by atoms with van der Waals surface area (Å²) in [4.78, 5) is 8.58. The Morgan fingerprint density at radius 3 is 2.62 bits per heavy atom. The molecule has 0 saturated heterocycles. The number of hydrogen-bond acceptors (Lipinski definition) is 2. The highest BCUT2D eigenvalue weighted by atomic mass is 14.8. The Labute approximate surface area is 93.6 Å². The van der Waals surface area contributed by atoms with Crippen molar-refractivity contribution in [2.75, 3.05) is 0 Å². The fraction of sp³-hybridized carbons (Fsp3) is 0. The Morgan fingerprint density at radius 1 is 0.875 bits per heavy atom. The van der Waals surface area contributed by atoms with Crippen LogP contribution in [0.25, 0.3) is 22.2 Å². The van der Waals surface area contributed by atoms with E-state index in [1.165, 1.54) is 0 Å². The first kappa shape index (κ1) is 9.04. The number of hydrogen-bond donors (Lipinski definition) is 0. The van der Waals surface area contributed by atoms with Gasteiger partial charge in [-0.05, 0) is 12.1 Å². The van der Waals surface area contributed by atoms with Gasteiger partial charge < -0.3 is 0 Å². The molecule has 2 heteroatoms. The SMILES string of the molecule is [c]1ccccc1-c1ncnc2ccccc12. The molecule has 0 amide bonds. The molecule has 0 saturated carbocycles. The Bertz CT molecular complexity index is 612. The summed E-state index contributed by atoms with van der Waals surface area (Å²) in [6.07, 6.45) is 1.60. The first-order chi connectivity index (χ1) is 7.95. The van der Waals surface area contributed by atoms with Crippen LogP contribution in [0.1, 0.15) is 0 Å². The maximum atomic E-state index is 4.33. The lowest BCUT2D eigenvalue weighted by Crippen LogP contribution is -1.88. The summed E-state index contributed by atoms with van der Waals surface area (Å²) in [5.41, 5.74) is 2.90. The summed E-state index contributed by atoms with van der Waals surface area (Å²) in [7, 11) is 0. The zero-order valence-electron chi connectivity index (χ0n) is 8.59. The normalized spacial score (nSPS) is 10.5. The van der Waals surface area contributed by atoms with Crippen molar-refractivity contribution in [1.82, 2.24) is 9.97 Å². The molecule has 16 heavy (non-hydrogen) atoms. The summed E-state index contributed by atoms with van der Waals surface area (Å²) in [5, 5.41) is 1.06. The van der Waals surface area contributed by atoms with Crippen LogP contribution in [-0.2, 0) is 0 Å². The Kier molecular flexibility index (Phi) is 2.11. The second-order valence-electron chi connectivity index (χ2n) is 3.52. The van der Waals surface area contributed by atoms with Gasteiger partial charge in [0.05, 0.1) is 11.2 Å². The maximum Gasteiger partial charge on any atom is 0.116 e. The molecule has 0 N–H and O–H groups in total. The molecule has 0 aliphatic heterocycles. The first-order valence-electron chi connectivity index (χ1n) is 5.12. The van der Waals surface area contributed by atoms with Gasteiger partial charge in [-0.15, -0.1) is 0 Å². The molecule has 75 valence electrons. The van der Waals surface area contributed by atoms with E-state index in [9.17, 15) is 0 Å². The molecule has 0 aliphatic rings. The second-order valence-corrected chi connectivity index (χ2v) is 3.52. The minimum Gasteiger partial charge on any atom is -0.236 e. The number of aromatic nitrogens is 2. The zero-order chi connectivity index (χ0) is 10.8. The van der Waals surface area contributed by atoms with Gasteiger partial charge in [0.15, 0.2) is 0 Å². The van der Waals surface area contributed by atoms with Crippen molar-refractivity contribution in [2.45, 2.75) is 0 Å². The Morgan fingerprint density at radius 2 is 1.75 bits per heavy atom. The summed E-state index contributed by atoms with van der Waals surface area (Å²) < 4.78 is 0. The summed E-state index contributed by atoms with van der Waals surface area (Å²) >= 11 is 0. The van der Waals surface area contributed by atoms with Crippen molar-refractivity contribution >= 4 is 10.9 Å². The largest absolute Gasteiger partial charge is 0.236 e. The van der Waals surface area contributed by atoms with Gasteiger partial charge in [-0.1, -0.05) is 42.5 Å². The Hall–Kier alpha value is -2.22. The molecule has 2 nitrogen and oxygen atoms in total. The molecule has 3 aromatic rings. The summed E-state index contributed by atoms with van der Waals surface area (Å²) in [6.45, 7) is 0. The van der Waals surface area contributed by atoms with Gasteiger partial charge in [0.1, 0.15) is 6.33 Å². The third-order valence-electron chi connectivity index (χ3n) is 2.51. The lowest BCUT2D eigenvalue weighted by atomic mass is 10.1. The highest BCUT2D eigenvalue weighted by molar-refractivity contribution is 5.91. The van der Waals surface area contributed by atoms with Crippen LogP contribution in [0, 0.1) is 6.07 Å². The number of nitrogens with zero attached hydrogens (tertiary/aromatic N) is 2. The molecule has 0 unspecified atom stereocenters. The molecule has 1 aromatic heterocycles. The first-order valence-corrected chi connectivity index (χ1v) is 5.12. The lowest BCUT2D eigenvalue weighted by molar-refractivity contribution is 1.22. The predicted octanol–water partition coefficient (Wildman–Crippen LogP) is 3.10. The van der Waals surface area contributed by atoms with Gasteiger partial charge in [0.25, 0.3) is 0 Å². The van der Waals surface area contributed by atoms with Gasteiger partial charge in [-0.25, -0.2) is 9.97 Å². The van der Waals surface area contributed by atoms with Gasteiger partial charge >= 0.3 is 0 Å². The molecule has 0 bridgehead atoms. The van der Waals surface area contributed by atoms with Crippen molar-refractivity contribution in [1.29, 1.82) is 0 Å². The van der Waals surface area contributed by atoms with Crippen molar-refractivity contribution in [3.63, 3.8) is 0 Å². The molecule has 0 aliphatic carbocycles. The topological polar surface area (TPSA) is 25.8 Å².